The van der Waals surface area contributed by atoms with Gasteiger partial charge in [0.15, 0.2) is 0 Å². The number of rotatable bonds is 7. The summed E-state index contributed by atoms with van der Waals surface area (Å²) in [6, 6.07) is 0.474. The van der Waals surface area contributed by atoms with Gasteiger partial charge in [0.2, 0.25) is 5.91 Å². The van der Waals surface area contributed by atoms with Gasteiger partial charge in [-0.3, -0.25) is 9.69 Å². The van der Waals surface area contributed by atoms with Crippen LogP contribution in [0.5, 0.6) is 0 Å². The molecule has 1 saturated heterocycles. The van der Waals surface area contributed by atoms with Crippen LogP contribution in [0.4, 0.5) is 0 Å². The van der Waals surface area contributed by atoms with Crippen molar-refractivity contribution in [3.8, 4) is 0 Å². The number of likely N-dealkylation sites (tertiary alicyclic amines) is 1. The molecule has 0 aromatic carbocycles. The molecule has 1 amide bonds. The van der Waals surface area contributed by atoms with Crippen molar-refractivity contribution in [1.82, 2.24) is 10.2 Å². The number of carbonyl (C=O) groups is 1. The lowest BCUT2D eigenvalue weighted by Gasteiger charge is -2.23. The molecule has 1 heterocycles. The van der Waals surface area contributed by atoms with E-state index in [0.717, 1.165) is 32.2 Å². The fraction of sp³-hybridized carbons (Fsp3) is 0.750. The SMILES string of the molecule is C=CCNC(=O)CN1CCCC1CCCO. The van der Waals surface area contributed by atoms with Gasteiger partial charge in [0.1, 0.15) is 0 Å². The monoisotopic (exact) mass is 226 g/mol. The molecule has 0 saturated carbocycles. The first-order valence-corrected chi connectivity index (χ1v) is 6.00. The number of amides is 1. The first-order chi connectivity index (χ1) is 7.77. The minimum Gasteiger partial charge on any atom is -0.396 e. The first kappa shape index (κ1) is 13.2. The van der Waals surface area contributed by atoms with Crippen LogP contribution in [0.3, 0.4) is 0 Å². The molecule has 4 heteroatoms. The third-order valence-corrected chi connectivity index (χ3v) is 2.98. The van der Waals surface area contributed by atoms with Gasteiger partial charge in [0.05, 0.1) is 6.54 Å². The number of hydrogen-bond donors (Lipinski definition) is 2. The summed E-state index contributed by atoms with van der Waals surface area (Å²) in [5, 5.41) is 11.6. The van der Waals surface area contributed by atoms with Gasteiger partial charge in [-0.15, -0.1) is 6.58 Å². The molecule has 0 aromatic rings. The lowest BCUT2D eigenvalue weighted by atomic mass is 10.1. The molecule has 1 fully saturated rings. The molecule has 2 N–H and O–H groups in total. The summed E-state index contributed by atoms with van der Waals surface area (Å²) >= 11 is 0. The topological polar surface area (TPSA) is 52.6 Å². The molecule has 0 bridgehead atoms. The van der Waals surface area contributed by atoms with Crippen molar-refractivity contribution in [3.63, 3.8) is 0 Å². The Bertz CT molecular complexity index is 231. The largest absolute Gasteiger partial charge is 0.396 e. The van der Waals surface area contributed by atoms with Gasteiger partial charge in [-0.1, -0.05) is 6.08 Å². The second kappa shape index (κ2) is 7.41. The summed E-state index contributed by atoms with van der Waals surface area (Å²) in [4.78, 5) is 13.7. The van der Waals surface area contributed by atoms with Crippen molar-refractivity contribution >= 4 is 5.91 Å². The Balaban J connectivity index is 2.28. The molecule has 0 aliphatic carbocycles. The van der Waals surface area contributed by atoms with Crippen LogP contribution < -0.4 is 5.32 Å². The van der Waals surface area contributed by atoms with Gasteiger partial charge >= 0.3 is 0 Å². The number of hydrogen-bond acceptors (Lipinski definition) is 3. The van der Waals surface area contributed by atoms with Crippen molar-refractivity contribution in [3.05, 3.63) is 12.7 Å². The van der Waals surface area contributed by atoms with Gasteiger partial charge < -0.3 is 10.4 Å². The number of aliphatic hydroxyl groups is 1. The van der Waals surface area contributed by atoms with Crippen LogP contribution >= 0.6 is 0 Å². The number of carbonyl (C=O) groups excluding carboxylic acids is 1. The van der Waals surface area contributed by atoms with Crippen LogP contribution in [-0.2, 0) is 4.79 Å². The van der Waals surface area contributed by atoms with Crippen LogP contribution in [0.1, 0.15) is 25.7 Å². The maximum atomic E-state index is 11.5. The van der Waals surface area contributed by atoms with Crippen LogP contribution in [0.25, 0.3) is 0 Å². The van der Waals surface area contributed by atoms with E-state index in [1.165, 1.54) is 0 Å². The van der Waals surface area contributed by atoms with Gasteiger partial charge in [0.25, 0.3) is 0 Å². The molecule has 4 nitrogen and oxygen atoms in total. The summed E-state index contributed by atoms with van der Waals surface area (Å²) in [7, 11) is 0. The van der Waals surface area contributed by atoms with E-state index in [4.69, 9.17) is 5.11 Å². The van der Waals surface area contributed by atoms with Crippen LogP contribution in [0.2, 0.25) is 0 Å². The average Bonchev–Trinajstić information content (AvgIpc) is 2.71. The highest BCUT2D eigenvalue weighted by Crippen LogP contribution is 2.20. The standard InChI is InChI=1S/C12H22N2O2/c1-2-7-13-12(16)10-14-8-3-5-11(14)6-4-9-15/h2,11,15H,1,3-10H2,(H,13,16). The van der Waals surface area contributed by atoms with Gasteiger partial charge in [-0.25, -0.2) is 0 Å². The molecule has 1 atom stereocenters. The van der Waals surface area contributed by atoms with Crippen molar-refractivity contribution in [2.24, 2.45) is 0 Å². The van der Waals surface area contributed by atoms with E-state index in [9.17, 15) is 4.79 Å². The second-order valence-corrected chi connectivity index (χ2v) is 4.23. The summed E-state index contributed by atoms with van der Waals surface area (Å²) in [6.45, 7) is 5.82. The van der Waals surface area contributed by atoms with E-state index < -0.39 is 0 Å². The Kier molecular flexibility index (Phi) is 6.11. The van der Waals surface area contributed by atoms with E-state index >= 15 is 0 Å². The Labute approximate surface area is 97.3 Å². The summed E-state index contributed by atoms with van der Waals surface area (Å²) in [5.41, 5.74) is 0. The van der Waals surface area contributed by atoms with Crippen LogP contribution in [0, 0.1) is 0 Å². The maximum Gasteiger partial charge on any atom is 0.234 e. The molecule has 1 aliphatic rings. The normalized spacial score (nSPS) is 20.9. The molecule has 1 aliphatic heterocycles. The highest BCUT2D eigenvalue weighted by molar-refractivity contribution is 5.78. The van der Waals surface area contributed by atoms with E-state index in [0.29, 0.717) is 19.1 Å². The van der Waals surface area contributed by atoms with E-state index in [2.05, 4.69) is 16.8 Å². The molecule has 1 unspecified atom stereocenters. The molecule has 0 aromatic heterocycles. The van der Waals surface area contributed by atoms with Crippen molar-refractivity contribution in [2.75, 3.05) is 26.2 Å². The zero-order valence-corrected chi connectivity index (χ0v) is 9.82. The fourth-order valence-corrected chi connectivity index (χ4v) is 2.18. The Hall–Kier alpha value is -0.870. The third-order valence-electron chi connectivity index (χ3n) is 2.98. The van der Waals surface area contributed by atoms with E-state index in [1.54, 1.807) is 6.08 Å². The Morgan fingerprint density at radius 2 is 2.44 bits per heavy atom. The summed E-state index contributed by atoms with van der Waals surface area (Å²) in [6.07, 6.45) is 5.81. The Morgan fingerprint density at radius 3 is 3.12 bits per heavy atom. The number of nitrogens with one attached hydrogen (secondary N) is 1. The smallest absolute Gasteiger partial charge is 0.234 e. The molecule has 16 heavy (non-hydrogen) atoms. The number of aliphatic hydroxyl groups excluding tert-OH is 1. The molecular weight excluding hydrogens is 204 g/mol. The van der Waals surface area contributed by atoms with Crippen molar-refractivity contribution < 1.29 is 9.90 Å². The zero-order valence-electron chi connectivity index (χ0n) is 9.82. The Morgan fingerprint density at radius 1 is 1.62 bits per heavy atom. The predicted octanol–water partition coefficient (Wildman–Crippen LogP) is 0.525. The van der Waals surface area contributed by atoms with Gasteiger partial charge in [0, 0.05) is 19.2 Å². The van der Waals surface area contributed by atoms with E-state index in [-0.39, 0.29) is 12.5 Å². The third kappa shape index (κ3) is 4.33. The van der Waals surface area contributed by atoms with E-state index in [1.807, 2.05) is 0 Å². The quantitative estimate of drug-likeness (QED) is 0.622. The number of nitrogens with zero attached hydrogens (tertiary/aromatic N) is 1. The minimum atomic E-state index is 0.0656. The zero-order chi connectivity index (χ0) is 11.8. The molecular formula is C12H22N2O2. The predicted molar refractivity (Wildman–Crippen MR) is 64.1 cm³/mol. The molecule has 0 spiro atoms. The lowest BCUT2D eigenvalue weighted by molar-refractivity contribution is -0.122. The van der Waals surface area contributed by atoms with Crippen molar-refractivity contribution in [1.29, 1.82) is 0 Å². The molecule has 92 valence electrons. The van der Waals surface area contributed by atoms with Crippen LogP contribution in [-0.4, -0.2) is 48.2 Å². The first-order valence-electron chi connectivity index (χ1n) is 6.00. The summed E-state index contributed by atoms with van der Waals surface area (Å²) in [5.74, 6) is 0.0656. The van der Waals surface area contributed by atoms with Gasteiger partial charge in [-0.2, -0.15) is 0 Å². The average molecular weight is 226 g/mol. The van der Waals surface area contributed by atoms with Gasteiger partial charge in [-0.05, 0) is 32.2 Å². The van der Waals surface area contributed by atoms with Crippen molar-refractivity contribution in [2.45, 2.75) is 31.7 Å². The summed E-state index contributed by atoms with van der Waals surface area (Å²) < 4.78 is 0. The molecule has 1 rings (SSSR count). The highest BCUT2D eigenvalue weighted by atomic mass is 16.2. The molecule has 0 radical (unpaired) electrons. The maximum absolute atomic E-state index is 11.5. The second-order valence-electron chi connectivity index (χ2n) is 4.23. The lowest BCUT2D eigenvalue weighted by Crippen LogP contribution is -2.39. The fourth-order valence-electron chi connectivity index (χ4n) is 2.18. The highest BCUT2D eigenvalue weighted by Gasteiger charge is 2.25. The van der Waals surface area contributed by atoms with Crippen LogP contribution in [0.15, 0.2) is 12.7 Å². The minimum absolute atomic E-state index is 0.0656.